The average molecular weight is 175 g/mol. The molecule has 0 unspecified atom stereocenters. The van der Waals surface area contributed by atoms with Gasteiger partial charge in [-0.25, -0.2) is 0 Å². The zero-order valence-corrected chi connectivity index (χ0v) is 7.94. The minimum Gasteiger partial charge on any atom is -0.0862 e. The zero-order valence-electron chi connectivity index (χ0n) is 7.94. The molecule has 0 aromatic heterocycles. The van der Waals surface area contributed by atoms with Crippen LogP contribution in [-0.4, -0.2) is 0 Å². The molecule has 0 bridgehead atoms. The van der Waals surface area contributed by atoms with E-state index in [2.05, 4.69) is 29.1 Å². The minimum absolute atomic E-state index is 0.0732. The van der Waals surface area contributed by atoms with E-state index < -0.39 is 0 Å². The molecule has 1 aromatic carbocycles. The van der Waals surface area contributed by atoms with E-state index >= 15 is 0 Å². The molecule has 0 N–H and O–H groups in total. The Labute approximate surface area is 78.0 Å². The van der Waals surface area contributed by atoms with Crippen LogP contribution in [0.5, 0.6) is 0 Å². The Balaban J connectivity index is 2.85. The molecule has 3 heteroatoms. The van der Waals surface area contributed by atoms with Crippen LogP contribution in [0.1, 0.15) is 31.0 Å². The number of hydrogen-bond acceptors (Lipinski definition) is 1. The maximum Gasteiger partial charge on any atom is 0.0597 e. The summed E-state index contributed by atoms with van der Waals surface area (Å²) in [5.74, 6) is 0. The molecule has 0 aliphatic heterocycles. The molecule has 0 fully saturated rings. The Kier molecular flexibility index (Phi) is 3.35. The van der Waals surface area contributed by atoms with E-state index in [0.717, 1.165) is 12.0 Å². The number of benzene rings is 1. The SMILES string of the molecule is CCc1ccc([C@@H](C)N=[N+]=[N-])cc1. The Morgan fingerprint density at radius 1 is 1.38 bits per heavy atom. The molecule has 0 saturated heterocycles. The molecule has 1 atom stereocenters. The van der Waals surface area contributed by atoms with Gasteiger partial charge in [-0.05, 0) is 23.1 Å². The molecular formula is C10H13N3. The third-order valence-electron chi connectivity index (χ3n) is 2.10. The average Bonchev–Trinajstić information content (AvgIpc) is 2.18. The Morgan fingerprint density at radius 3 is 2.46 bits per heavy atom. The second-order valence-corrected chi connectivity index (χ2v) is 2.98. The molecule has 13 heavy (non-hydrogen) atoms. The normalized spacial score (nSPS) is 11.8. The monoisotopic (exact) mass is 175 g/mol. The topological polar surface area (TPSA) is 48.8 Å². The summed E-state index contributed by atoms with van der Waals surface area (Å²) in [7, 11) is 0. The highest BCUT2D eigenvalue weighted by atomic mass is 15.1. The fourth-order valence-electron chi connectivity index (χ4n) is 1.18. The van der Waals surface area contributed by atoms with Gasteiger partial charge in [-0.3, -0.25) is 0 Å². The van der Waals surface area contributed by atoms with Gasteiger partial charge in [0, 0.05) is 4.91 Å². The van der Waals surface area contributed by atoms with Crippen molar-refractivity contribution in [2.75, 3.05) is 0 Å². The van der Waals surface area contributed by atoms with Crippen molar-refractivity contribution < 1.29 is 0 Å². The summed E-state index contributed by atoms with van der Waals surface area (Å²) < 4.78 is 0. The van der Waals surface area contributed by atoms with E-state index in [9.17, 15) is 0 Å². The number of azide groups is 1. The standard InChI is InChI=1S/C10H13N3/c1-3-9-4-6-10(7-5-9)8(2)12-13-11/h4-8H,3H2,1-2H3/t8-/m1/s1. The predicted molar refractivity (Wildman–Crippen MR) is 53.4 cm³/mol. The lowest BCUT2D eigenvalue weighted by atomic mass is 10.1. The van der Waals surface area contributed by atoms with E-state index in [1.165, 1.54) is 5.56 Å². The second-order valence-electron chi connectivity index (χ2n) is 2.98. The summed E-state index contributed by atoms with van der Waals surface area (Å²) in [5, 5.41) is 3.63. The molecule has 1 rings (SSSR count). The van der Waals surface area contributed by atoms with Gasteiger partial charge < -0.3 is 0 Å². The van der Waals surface area contributed by atoms with Gasteiger partial charge in [0.2, 0.25) is 0 Å². The van der Waals surface area contributed by atoms with Crippen molar-refractivity contribution in [3.8, 4) is 0 Å². The highest BCUT2D eigenvalue weighted by Gasteiger charge is 2.00. The van der Waals surface area contributed by atoms with Crippen LogP contribution in [-0.2, 0) is 6.42 Å². The molecule has 68 valence electrons. The molecular weight excluding hydrogens is 162 g/mol. The third-order valence-corrected chi connectivity index (χ3v) is 2.10. The Hall–Kier alpha value is -1.47. The highest BCUT2D eigenvalue weighted by Crippen LogP contribution is 2.17. The maximum absolute atomic E-state index is 8.26. The van der Waals surface area contributed by atoms with Crippen molar-refractivity contribution in [3.63, 3.8) is 0 Å². The van der Waals surface area contributed by atoms with Gasteiger partial charge in [0.05, 0.1) is 6.04 Å². The van der Waals surface area contributed by atoms with Crippen LogP contribution in [0.15, 0.2) is 29.4 Å². The van der Waals surface area contributed by atoms with Crippen molar-refractivity contribution in [2.24, 2.45) is 5.11 Å². The molecule has 0 radical (unpaired) electrons. The van der Waals surface area contributed by atoms with Crippen LogP contribution in [0.2, 0.25) is 0 Å². The van der Waals surface area contributed by atoms with Gasteiger partial charge in [0.1, 0.15) is 0 Å². The smallest absolute Gasteiger partial charge is 0.0597 e. The summed E-state index contributed by atoms with van der Waals surface area (Å²) in [6.45, 7) is 4.01. The first-order valence-electron chi connectivity index (χ1n) is 4.41. The summed E-state index contributed by atoms with van der Waals surface area (Å²) in [5.41, 5.74) is 10.6. The summed E-state index contributed by atoms with van der Waals surface area (Å²) in [6, 6.07) is 8.09. The van der Waals surface area contributed by atoms with Crippen LogP contribution in [0.4, 0.5) is 0 Å². The minimum atomic E-state index is -0.0732. The summed E-state index contributed by atoms with van der Waals surface area (Å²) in [6.07, 6.45) is 1.04. The van der Waals surface area contributed by atoms with E-state index in [-0.39, 0.29) is 6.04 Å². The lowest BCUT2D eigenvalue weighted by Gasteiger charge is -2.04. The van der Waals surface area contributed by atoms with Gasteiger partial charge >= 0.3 is 0 Å². The van der Waals surface area contributed by atoms with E-state index in [4.69, 9.17) is 5.53 Å². The first-order valence-corrected chi connectivity index (χ1v) is 4.41. The van der Waals surface area contributed by atoms with E-state index in [1.807, 2.05) is 19.1 Å². The highest BCUT2D eigenvalue weighted by molar-refractivity contribution is 5.24. The van der Waals surface area contributed by atoms with Gasteiger partial charge in [0.15, 0.2) is 0 Å². The molecule has 1 aromatic rings. The van der Waals surface area contributed by atoms with Crippen molar-refractivity contribution in [1.29, 1.82) is 0 Å². The Bertz CT molecular complexity index is 309. The Morgan fingerprint density at radius 2 is 2.00 bits per heavy atom. The van der Waals surface area contributed by atoms with Gasteiger partial charge in [-0.15, -0.1) is 0 Å². The lowest BCUT2D eigenvalue weighted by molar-refractivity contribution is 0.806. The van der Waals surface area contributed by atoms with Gasteiger partial charge in [-0.2, -0.15) is 0 Å². The molecule has 0 heterocycles. The van der Waals surface area contributed by atoms with Crippen molar-refractivity contribution >= 4 is 0 Å². The van der Waals surface area contributed by atoms with Crippen LogP contribution in [0.3, 0.4) is 0 Å². The predicted octanol–water partition coefficient (Wildman–Crippen LogP) is 3.62. The van der Waals surface area contributed by atoms with Crippen LogP contribution in [0.25, 0.3) is 10.4 Å². The van der Waals surface area contributed by atoms with E-state index in [0.29, 0.717) is 0 Å². The van der Waals surface area contributed by atoms with Gasteiger partial charge in [-0.1, -0.05) is 43.2 Å². The molecule has 0 aliphatic carbocycles. The molecule has 0 saturated carbocycles. The quantitative estimate of drug-likeness (QED) is 0.382. The molecule has 3 nitrogen and oxygen atoms in total. The number of aryl methyl sites for hydroxylation is 1. The number of hydrogen-bond donors (Lipinski definition) is 0. The van der Waals surface area contributed by atoms with Crippen molar-refractivity contribution in [3.05, 3.63) is 45.8 Å². The number of nitrogens with zero attached hydrogens (tertiary/aromatic N) is 3. The van der Waals surface area contributed by atoms with Crippen molar-refractivity contribution in [1.82, 2.24) is 0 Å². The fourth-order valence-corrected chi connectivity index (χ4v) is 1.18. The van der Waals surface area contributed by atoms with E-state index in [1.54, 1.807) is 0 Å². The first-order chi connectivity index (χ1) is 6.27. The van der Waals surface area contributed by atoms with Crippen molar-refractivity contribution in [2.45, 2.75) is 26.3 Å². The third kappa shape index (κ3) is 2.49. The second kappa shape index (κ2) is 4.53. The zero-order chi connectivity index (χ0) is 9.68. The number of rotatable bonds is 3. The van der Waals surface area contributed by atoms with Crippen LogP contribution in [0, 0.1) is 0 Å². The molecule has 0 spiro atoms. The van der Waals surface area contributed by atoms with Crippen LogP contribution >= 0.6 is 0 Å². The fraction of sp³-hybridized carbons (Fsp3) is 0.400. The maximum atomic E-state index is 8.26. The largest absolute Gasteiger partial charge is 0.0862 e. The lowest BCUT2D eigenvalue weighted by Crippen LogP contribution is -1.88. The summed E-state index contributed by atoms with van der Waals surface area (Å²) in [4.78, 5) is 2.78. The molecule has 0 aliphatic rings. The van der Waals surface area contributed by atoms with Gasteiger partial charge in [0.25, 0.3) is 0 Å². The first kappa shape index (κ1) is 9.62. The molecule has 0 amide bonds. The van der Waals surface area contributed by atoms with Crippen LogP contribution < -0.4 is 0 Å². The summed E-state index contributed by atoms with van der Waals surface area (Å²) >= 11 is 0.